The van der Waals surface area contributed by atoms with E-state index in [1.165, 1.54) is 31.4 Å². The highest BCUT2D eigenvalue weighted by Gasteiger charge is 2.12. The summed E-state index contributed by atoms with van der Waals surface area (Å²) in [6.45, 7) is 2.18. The van der Waals surface area contributed by atoms with Crippen LogP contribution in [0.4, 0.5) is 14.5 Å². The zero-order valence-electron chi connectivity index (χ0n) is 13.0. The minimum atomic E-state index is -0.775. The first-order chi connectivity index (χ1) is 11.2. The van der Waals surface area contributed by atoms with Gasteiger partial charge in [-0.1, -0.05) is 32.3 Å². The Kier molecular flexibility index (Phi) is 6.51. The lowest BCUT2D eigenvalue weighted by Gasteiger charge is -2.06. The number of isothiocyanates is 1. The molecule has 0 aliphatic carbocycles. The number of halogens is 2. The van der Waals surface area contributed by atoms with E-state index in [2.05, 4.69) is 29.1 Å². The van der Waals surface area contributed by atoms with Crippen LogP contribution in [-0.2, 0) is 6.42 Å². The number of thiocarbonyl (C=S) groups is 1. The van der Waals surface area contributed by atoms with Crippen molar-refractivity contribution in [2.75, 3.05) is 0 Å². The molecular formula is C18H18F2N2S. The Bertz CT molecular complexity index is 684. The summed E-state index contributed by atoms with van der Waals surface area (Å²) in [4.78, 5) is 7.70. The van der Waals surface area contributed by atoms with Gasteiger partial charge in [0.15, 0.2) is 11.6 Å². The zero-order chi connectivity index (χ0) is 16.7. The molecule has 2 nitrogen and oxygen atoms in total. The Hall–Kier alpha value is -1.97. The molecule has 0 unspecified atom stereocenters. The molecule has 0 fully saturated rings. The molecule has 1 heterocycles. The number of rotatable bonds is 7. The molecule has 0 aliphatic heterocycles. The van der Waals surface area contributed by atoms with Crippen molar-refractivity contribution >= 4 is 23.1 Å². The number of unbranched alkanes of at least 4 members (excludes halogenated alkanes) is 3. The largest absolute Gasteiger partial charge is 0.256 e. The zero-order valence-corrected chi connectivity index (χ0v) is 13.8. The number of nitrogens with zero attached hydrogens (tertiary/aromatic N) is 2. The van der Waals surface area contributed by atoms with Gasteiger partial charge in [0.2, 0.25) is 0 Å². The molecule has 1 aromatic heterocycles. The van der Waals surface area contributed by atoms with Gasteiger partial charge in [-0.3, -0.25) is 4.98 Å². The second-order valence-corrected chi connectivity index (χ2v) is 5.54. The average molecular weight is 332 g/mol. The van der Waals surface area contributed by atoms with Gasteiger partial charge in [-0.05, 0) is 48.8 Å². The monoisotopic (exact) mass is 332 g/mol. The van der Waals surface area contributed by atoms with E-state index in [0.29, 0.717) is 11.3 Å². The minimum absolute atomic E-state index is 0.376. The fraction of sp³-hybridized carbons (Fsp3) is 0.333. The van der Waals surface area contributed by atoms with Crippen LogP contribution in [0.3, 0.4) is 0 Å². The third kappa shape index (κ3) is 4.75. The Labute approximate surface area is 140 Å². The van der Waals surface area contributed by atoms with Crippen molar-refractivity contribution in [1.82, 2.24) is 4.98 Å². The first-order valence-corrected chi connectivity index (χ1v) is 8.08. The Morgan fingerprint density at radius 1 is 1.13 bits per heavy atom. The molecule has 0 saturated heterocycles. The van der Waals surface area contributed by atoms with E-state index < -0.39 is 17.3 Å². The van der Waals surface area contributed by atoms with Gasteiger partial charge in [0, 0.05) is 11.8 Å². The Morgan fingerprint density at radius 2 is 1.87 bits per heavy atom. The number of benzene rings is 1. The van der Waals surface area contributed by atoms with E-state index >= 15 is 0 Å². The minimum Gasteiger partial charge on any atom is -0.256 e. The van der Waals surface area contributed by atoms with Crippen LogP contribution in [0.1, 0.15) is 38.2 Å². The first-order valence-electron chi connectivity index (χ1n) is 7.68. The summed E-state index contributed by atoms with van der Waals surface area (Å²) < 4.78 is 27.7. The van der Waals surface area contributed by atoms with Crippen LogP contribution in [-0.4, -0.2) is 10.1 Å². The van der Waals surface area contributed by atoms with Gasteiger partial charge in [-0.15, -0.1) is 0 Å². The van der Waals surface area contributed by atoms with E-state index in [1.807, 2.05) is 11.2 Å². The molecule has 0 bridgehead atoms. The molecular weight excluding hydrogens is 314 g/mol. The summed E-state index contributed by atoms with van der Waals surface area (Å²) in [5, 5.41) is 1.97. The van der Waals surface area contributed by atoms with E-state index in [4.69, 9.17) is 0 Å². The predicted molar refractivity (Wildman–Crippen MR) is 92.1 cm³/mol. The maximum absolute atomic E-state index is 13.9. The van der Waals surface area contributed by atoms with E-state index in [0.717, 1.165) is 18.4 Å². The molecule has 0 N–H and O–H groups in total. The molecule has 23 heavy (non-hydrogen) atoms. The second-order valence-electron chi connectivity index (χ2n) is 5.35. The lowest BCUT2D eigenvalue weighted by Crippen LogP contribution is -1.92. The third-order valence-electron chi connectivity index (χ3n) is 3.61. The number of aromatic nitrogens is 1. The van der Waals surface area contributed by atoms with Crippen LogP contribution >= 0.6 is 12.2 Å². The van der Waals surface area contributed by atoms with Crippen molar-refractivity contribution in [2.45, 2.75) is 39.0 Å². The van der Waals surface area contributed by atoms with Crippen LogP contribution in [0, 0.1) is 11.6 Å². The van der Waals surface area contributed by atoms with E-state index in [-0.39, 0.29) is 0 Å². The van der Waals surface area contributed by atoms with Crippen molar-refractivity contribution in [2.24, 2.45) is 4.99 Å². The maximum Gasteiger partial charge on any atom is 0.153 e. The maximum atomic E-state index is 13.9. The van der Waals surface area contributed by atoms with Crippen molar-refractivity contribution in [3.63, 3.8) is 0 Å². The second kappa shape index (κ2) is 8.61. The molecule has 2 rings (SSSR count). The summed E-state index contributed by atoms with van der Waals surface area (Å²) in [6.07, 6.45) is 7.51. The number of aryl methyl sites for hydroxylation is 1. The van der Waals surface area contributed by atoms with Gasteiger partial charge in [-0.2, -0.15) is 4.99 Å². The Balaban J connectivity index is 2.15. The lowest BCUT2D eigenvalue weighted by molar-refractivity contribution is 0.588. The normalized spacial score (nSPS) is 10.4. The van der Waals surface area contributed by atoms with Gasteiger partial charge >= 0.3 is 0 Å². The topological polar surface area (TPSA) is 25.2 Å². The fourth-order valence-electron chi connectivity index (χ4n) is 2.36. The van der Waals surface area contributed by atoms with E-state index in [1.54, 1.807) is 12.3 Å². The number of aliphatic imine (C=N–C) groups is 1. The third-order valence-corrected chi connectivity index (χ3v) is 3.71. The van der Waals surface area contributed by atoms with Gasteiger partial charge in [-0.25, -0.2) is 8.78 Å². The summed E-state index contributed by atoms with van der Waals surface area (Å²) in [6, 6.07) is 6.15. The van der Waals surface area contributed by atoms with Crippen LogP contribution in [0.2, 0.25) is 0 Å². The smallest absolute Gasteiger partial charge is 0.153 e. The van der Waals surface area contributed by atoms with E-state index in [9.17, 15) is 8.78 Å². The highest BCUT2D eigenvalue weighted by molar-refractivity contribution is 7.78. The summed E-state index contributed by atoms with van der Waals surface area (Å²) >= 11 is 4.38. The molecule has 0 saturated carbocycles. The first kappa shape index (κ1) is 17.4. The molecule has 0 aliphatic rings. The summed E-state index contributed by atoms with van der Waals surface area (Å²) in [5.74, 6) is -1.55. The SMILES string of the molecule is CCCCCCc1ccc(-c2cc(F)c(N=C=S)c(F)c2)nc1. The Morgan fingerprint density at radius 3 is 2.43 bits per heavy atom. The van der Waals surface area contributed by atoms with Crippen LogP contribution in [0.5, 0.6) is 0 Å². The van der Waals surface area contributed by atoms with Gasteiger partial charge in [0.05, 0.1) is 10.9 Å². The molecule has 1 aromatic carbocycles. The number of pyridine rings is 1. The van der Waals surface area contributed by atoms with Crippen molar-refractivity contribution in [3.05, 3.63) is 47.7 Å². The molecule has 0 atom stereocenters. The average Bonchev–Trinajstić information content (AvgIpc) is 2.55. The highest BCUT2D eigenvalue weighted by atomic mass is 32.1. The molecule has 0 spiro atoms. The van der Waals surface area contributed by atoms with Crippen LogP contribution in [0.15, 0.2) is 35.5 Å². The predicted octanol–water partition coefficient (Wildman–Crippen LogP) is 5.88. The molecule has 0 radical (unpaired) electrons. The molecule has 5 heteroatoms. The highest BCUT2D eigenvalue weighted by Crippen LogP contribution is 2.28. The fourth-order valence-corrected chi connectivity index (χ4v) is 2.46. The number of hydrogen-bond acceptors (Lipinski definition) is 3. The lowest BCUT2D eigenvalue weighted by atomic mass is 10.1. The van der Waals surface area contributed by atoms with Crippen LogP contribution in [0.25, 0.3) is 11.3 Å². The van der Waals surface area contributed by atoms with Crippen LogP contribution < -0.4 is 0 Å². The van der Waals surface area contributed by atoms with Gasteiger partial charge in [0.25, 0.3) is 0 Å². The van der Waals surface area contributed by atoms with Crippen molar-refractivity contribution in [3.8, 4) is 11.3 Å². The van der Waals surface area contributed by atoms with Gasteiger partial charge < -0.3 is 0 Å². The molecule has 120 valence electrons. The number of hydrogen-bond donors (Lipinski definition) is 0. The molecule has 0 amide bonds. The molecule has 2 aromatic rings. The van der Waals surface area contributed by atoms with Crippen molar-refractivity contribution in [1.29, 1.82) is 0 Å². The summed E-state index contributed by atoms with van der Waals surface area (Å²) in [7, 11) is 0. The summed E-state index contributed by atoms with van der Waals surface area (Å²) in [5.41, 5.74) is 1.61. The van der Waals surface area contributed by atoms with Gasteiger partial charge in [0.1, 0.15) is 5.69 Å². The van der Waals surface area contributed by atoms with Crippen molar-refractivity contribution < 1.29 is 8.78 Å². The standard InChI is InChI=1S/C18H18F2N2S/c1-2-3-4-5-6-13-7-8-17(21-11-13)14-9-15(19)18(22-12-23)16(20)10-14/h7-11H,2-6H2,1H3. The quantitative estimate of drug-likeness (QED) is 0.359.